The lowest BCUT2D eigenvalue weighted by atomic mass is 9.89. The fraction of sp³-hybridized carbons (Fsp3) is 0.409. The molecule has 1 aliphatic rings. The number of aryl methyl sites for hydroxylation is 3. The van der Waals surface area contributed by atoms with Crippen LogP contribution in [0.15, 0.2) is 36.4 Å². The van der Waals surface area contributed by atoms with Crippen molar-refractivity contribution in [1.29, 1.82) is 0 Å². The fourth-order valence-electron chi connectivity index (χ4n) is 3.38. The predicted octanol–water partition coefficient (Wildman–Crippen LogP) is 5.17. The second-order valence-corrected chi connectivity index (χ2v) is 7.54. The highest BCUT2D eigenvalue weighted by Crippen LogP contribution is 2.25. The zero-order chi connectivity index (χ0) is 18.7. The minimum atomic E-state index is -0.573. The predicted molar refractivity (Wildman–Crippen MR) is 106 cm³/mol. The van der Waals surface area contributed by atoms with E-state index >= 15 is 0 Å². The van der Waals surface area contributed by atoms with Gasteiger partial charge in [0.05, 0.1) is 6.04 Å². The molecular weight excluding hydrogens is 346 g/mol. The van der Waals surface area contributed by atoms with E-state index in [4.69, 9.17) is 16.3 Å². The van der Waals surface area contributed by atoms with Crippen molar-refractivity contribution in [2.75, 3.05) is 0 Å². The summed E-state index contributed by atoms with van der Waals surface area (Å²) in [5.41, 5.74) is 4.96. The smallest absolute Gasteiger partial charge is 0.261 e. The van der Waals surface area contributed by atoms with Crippen LogP contribution in [-0.2, 0) is 17.6 Å². The van der Waals surface area contributed by atoms with Gasteiger partial charge in [0.2, 0.25) is 0 Å². The van der Waals surface area contributed by atoms with Gasteiger partial charge in [0.1, 0.15) is 5.75 Å². The molecule has 1 N–H and O–H groups in total. The third-order valence-corrected chi connectivity index (χ3v) is 5.47. The molecule has 4 heteroatoms. The molecule has 2 aromatic rings. The SMILES string of the molecule is Cc1cc(O[C@H](C)C(=O)N[C@H](C)c2ccc3c(c2)CCCC3)ccc1Cl. The second kappa shape index (κ2) is 8.13. The molecule has 0 radical (unpaired) electrons. The Balaban J connectivity index is 1.62. The molecule has 3 rings (SSSR count). The van der Waals surface area contributed by atoms with Crippen LogP contribution in [0.4, 0.5) is 0 Å². The Kier molecular flexibility index (Phi) is 5.87. The molecule has 3 nitrogen and oxygen atoms in total. The monoisotopic (exact) mass is 371 g/mol. The van der Waals surface area contributed by atoms with Crippen LogP contribution >= 0.6 is 11.6 Å². The van der Waals surface area contributed by atoms with E-state index < -0.39 is 6.10 Å². The largest absolute Gasteiger partial charge is 0.481 e. The van der Waals surface area contributed by atoms with Crippen LogP contribution in [0, 0.1) is 6.92 Å². The van der Waals surface area contributed by atoms with Crippen molar-refractivity contribution in [2.45, 2.75) is 58.6 Å². The van der Waals surface area contributed by atoms with Gasteiger partial charge in [-0.15, -0.1) is 0 Å². The van der Waals surface area contributed by atoms with Gasteiger partial charge in [0.25, 0.3) is 5.91 Å². The van der Waals surface area contributed by atoms with Crippen LogP contribution in [0.25, 0.3) is 0 Å². The van der Waals surface area contributed by atoms with E-state index in [-0.39, 0.29) is 11.9 Å². The summed E-state index contributed by atoms with van der Waals surface area (Å²) in [6, 6.07) is 11.9. The molecule has 2 aromatic carbocycles. The summed E-state index contributed by atoms with van der Waals surface area (Å²) in [6.07, 6.45) is 4.26. The fourth-order valence-corrected chi connectivity index (χ4v) is 3.50. The van der Waals surface area contributed by atoms with E-state index in [1.54, 1.807) is 19.1 Å². The Bertz CT molecular complexity index is 803. The van der Waals surface area contributed by atoms with Gasteiger partial charge in [-0.25, -0.2) is 0 Å². The van der Waals surface area contributed by atoms with E-state index in [2.05, 4.69) is 23.5 Å². The molecule has 0 heterocycles. The summed E-state index contributed by atoms with van der Waals surface area (Å²) in [4.78, 5) is 12.5. The molecule has 0 spiro atoms. The van der Waals surface area contributed by atoms with Crippen LogP contribution < -0.4 is 10.1 Å². The second-order valence-electron chi connectivity index (χ2n) is 7.14. The minimum Gasteiger partial charge on any atom is -0.481 e. The Morgan fingerprint density at radius 3 is 2.54 bits per heavy atom. The number of fused-ring (bicyclic) bond motifs is 1. The van der Waals surface area contributed by atoms with Crippen molar-refractivity contribution in [3.63, 3.8) is 0 Å². The van der Waals surface area contributed by atoms with Gasteiger partial charge in [-0.1, -0.05) is 29.8 Å². The minimum absolute atomic E-state index is 0.0484. The number of rotatable bonds is 5. The number of nitrogens with one attached hydrogen (secondary N) is 1. The van der Waals surface area contributed by atoms with Crippen molar-refractivity contribution in [2.24, 2.45) is 0 Å². The zero-order valence-electron chi connectivity index (χ0n) is 15.6. The topological polar surface area (TPSA) is 38.3 Å². The van der Waals surface area contributed by atoms with Gasteiger partial charge in [0, 0.05) is 5.02 Å². The average Bonchev–Trinajstić information content (AvgIpc) is 2.64. The molecule has 0 saturated carbocycles. The first-order valence-electron chi connectivity index (χ1n) is 9.29. The van der Waals surface area contributed by atoms with Gasteiger partial charge >= 0.3 is 0 Å². The highest BCUT2D eigenvalue weighted by molar-refractivity contribution is 6.31. The Morgan fingerprint density at radius 1 is 1.08 bits per heavy atom. The first-order chi connectivity index (χ1) is 12.4. The van der Waals surface area contributed by atoms with Crippen LogP contribution in [0.1, 0.15) is 55.0 Å². The number of carbonyl (C=O) groups excluding carboxylic acids is 1. The normalized spacial score (nSPS) is 15.7. The third kappa shape index (κ3) is 4.39. The van der Waals surface area contributed by atoms with E-state index in [0.29, 0.717) is 10.8 Å². The number of hydrogen-bond acceptors (Lipinski definition) is 2. The zero-order valence-corrected chi connectivity index (χ0v) is 16.4. The lowest BCUT2D eigenvalue weighted by Crippen LogP contribution is -2.37. The molecule has 0 aliphatic heterocycles. The summed E-state index contributed by atoms with van der Waals surface area (Å²) in [5, 5.41) is 3.75. The van der Waals surface area contributed by atoms with Crippen LogP contribution in [0.2, 0.25) is 5.02 Å². The van der Waals surface area contributed by atoms with Crippen molar-refractivity contribution in [3.05, 3.63) is 63.7 Å². The average molecular weight is 372 g/mol. The molecule has 0 aromatic heterocycles. The van der Waals surface area contributed by atoms with Crippen molar-refractivity contribution in [3.8, 4) is 5.75 Å². The summed E-state index contributed by atoms with van der Waals surface area (Å²) in [6.45, 7) is 5.69. The highest BCUT2D eigenvalue weighted by Gasteiger charge is 2.19. The molecule has 26 heavy (non-hydrogen) atoms. The molecule has 1 aliphatic carbocycles. The van der Waals surface area contributed by atoms with Gasteiger partial charge < -0.3 is 10.1 Å². The Morgan fingerprint density at radius 2 is 1.81 bits per heavy atom. The van der Waals surface area contributed by atoms with E-state index in [1.165, 1.54) is 30.4 Å². The summed E-state index contributed by atoms with van der Waals surface area (Å²) in [5.74, 6) is 0.527. The molecule has 0 bridgehead atoms. The molecule has 2 atom stereocenters. The molecule has 1 amide bonds. The van der Waals surface area contributed by atoms with Crippen LogP contribution in [0.5, 0.6) is 5.75 Å². The van der Waals surface area contributed by atoms with E-state index in [1.807, 2.05) is 19.9 Å². The van der Waals surface area contributed by atoms with Gasteiger partial charge in [-0.3, -0.25) is 4.79 Å². The van der Waals surface area contributed by atoms with Crippen molar-refractivity contribution >= 4 is 17.5 Å². The lowest BCUT2D eigenvalue weighted by molar-refractivity contribution is -0.127. The summed E-state index contributed by atoms with van der Waals surface area (Å²) in [7, 11) is 0. The van der Waals surface area contributed by atoms with Gasteiger partial charge in [0.15, 0.2) is 6.10 Å². The van der Waals surface area contributed by atoms with Crippen molar-refractivity contribution < 1.29 is 9.53 Å². The third-order valence-electron chi connectivity index (χ3n) is 5.04. The first kappa shape index (κ1) is 18.8. The molecular formula is C22H26ClNO2. The summed E-state index contributed by atoms with van der Waals surface area (Å²) >= 11 is 6.03. The summed E-state index contributed by atoms with van der Waals surface area (Å²) < 4.78 is 5.77. The maximum absolute atomic E-state index is 12.5. The molecule has 0 saturated heterocycles. The standard InChI is InChI=1S/C22H26ClNO2/c1-14-12-20(10-11-21(14)23)26-16(3)22(25)24-15(2)18-9-8-17-6-4-5-7-19(17)13-18/h8-13,15-16H,4-7H2,1-3H3,(H,24,25)/t15-,16-/m1/s1. The molecule has 0 fully saturated rings. The Labute approximate surface area is 160 Å². The maximum Gasteiger partial charge on any atom is 0.261 e. The number of benzene rings is 2. The maximum atomic E-state index is 12.5. The Hall–Kier alpha value is -2.00. The van der Waals surface area contributed by atoms with Crippen LogP contribution in [0.3, 0.4) is 0 Å². The van der Waals surface area contributed by atoms with Gasteiger partial charge in [-0.05, 0) is 86.9 Å². The lowest BCUT2D eigenvalue weighted by Gasteiger charge is -2.22. The number of ether oxygens (including phenoxy) is 1. The number of halogens is 1. The van der Waals surface area contributed by atoms with E-state index in [0.717, 1.165) is 17.5 Å². The quantitative estimate of drug-likeness (QED) is 0.787. The van der Waals surface area contributed by atoms with Crippen molar-refractivity contribution in [1.82, 2.24) is 5.32 Å². The number of hydrogen-bond donors (Lipinski definition) is 1. The van der Waals surface area contributed by atoms with Gasteiger partial charge in [-0.2, -0.15) is 0 Å². The first-order valence-corrected chi connectivity index (χ1v) is 9.66. The molecule has 138 valence electrons. The number of carbonyl (C=O) groups is 1. The highest BCUT2D eigenvalue weighted by atomic mass is 35.5. The molecule has 0 unspecified atom stereocenters. The van der Waals surface area contributed by atoms with Crippen LogP contribution in [-0.4, -0.2) is 12.0 Å². The number of amides is 1. The van der Waals surface area contributed by atoms with E-state index in [9.17, 15) is 4.79 Å².